The van der Waals surface area contributed by atoms with Crippen LogP contribution < -0.4 is 4.74 Å². The predicted molar refractivity (Wildman–Crippen MR) is 48.2 cm³/mol. The second-order valence-electron chi connectivity index (χ2n) is 2.60. The lowest BCUT2D eigenvalue weighted by molar-refractivity contribution is -0.0498. The van der Waals surface area contributed by atoms with Gasteiger partial charge in [-0.2, -0.15) is 8.78 Å². The highest BCUT2D eigenvalue weighted by Crippen LogP contribution is 2.30. The molecular formula is C9H7ClF2O2. The average Bonchev–Trinajstić information content (AvgIpc) is 2.10. The van der Waals surface area contributed by atoms with E-state index >= 15 is 0 Å². The van der Waals surface area contributed by atoms with Crippen LogP contribution in [0.25, 0.3) is 0 Å². The molecule has 0 N–H and O–H groups in total. The lowest BCUT2D eigenvalue weighted by atomic mass is 10.1. The van der Waals surface area contributed by atoms with Crippen molar-refractivity contribution in [2.45, 2.75) is 13.5 Å². The molecule has 0 unspecified atom stereocenters. The fourth-order valence-corrected chi connectivity index (χ4v) is 1.30. The maximum absolute atomic E-state index is 11.9. The van der Waals surface area contributed by atoms with E-state index in [9.17, 15) is 13.6 Å². The summed E-state index contributed by atoms with van der Waals surface area (Å²) >= 11 is 5.67. The summed E-state index contributed by atoms with van der Waals surface area (Å²) in [6.45, 7) is -1.29. The van der Waals surface area contributed by atoms with Gasteiger partial charge < -0.3 is 4.74 Å². The number of rotatable bonds is 3. The molecular weight excluding hydrogens is 214 g/mol. The molecule has 76 valence electrons. The predicted octanol–water partition coefficient (Wildman–Crippen LogP) is 3.06. The summed E-state index contributed by atoms with van der Waals surface area (Å²) in [4.78, 5) is 10.6. The lowest BCUT2D eigenvalue weighted by Gasteiger charge is -2.09. The van der Waals surface area contributed by atoms with Crippen LogP contribution in [-0.4, -0.2) is 12.9 Å². The molecule has 2 nitrogen and oxygen atoms in total. The normalized spacial score (nSPS) is 10.4. The van der Waals surface area contributed by atoms with E-state index in [1.54, 1.807) is 6.92 Å². The fraction of sp³-hybridized carbons (Fsp3) is 0.222. The largest absolute Gasteiger partial charge is 0.433 e. The summed E-state index contributed by atoms with van der Waals surface area (Å²) < 4.78 is 27.9. The van der Waals surface area contributed by atoms with Gasteiger partial charge in [-0.25, -0.2) is 0 Å². The van der Waals surface area contributed by atoms with Crippen molar-refractivity contribution in [1.82, 2.24) is 0 Å². The molecule has 0 spiro atoms. The first kappa shape index (κ1) is 10.9. The van der Waals surface area contributed by atoms with Crippen molar-refractivity contribution in [1.29, 1.82) is 0 Å². The number of ether oxygens (including phenoxy) is 1. The third-order valence-electron chi connectivity index (χ3n) is 1.70. The number of carbonyl (C=O) groups excluding carboxylic acids is 1. The van der Waals surface area contributed by atoms with E-state index in [1.165, 1.54) is 12.1 Å². The van der Waals surface area contributed by atoms with E-state index in [0.717, 1.165) is 0 Å². The average molecular weight is 221 g/mol. The van der Waals surface area contributed by atoms with Crippen LogP contribution in [-0.2, 0) is 0 Å². The topological polar surface area (TPSA) is 26.3 Å². The molecule has 14 heavy (non-hydrogen) atoms. The quantitative estimate of drug-likeness (QED) is 0.732. The Labute approximate surface area is 84.4 Å². The molecule has 0 saturated carbocycles. The van der Waals surface area contributed by atoms with Crippen molar-refractivity contribution < 1.29 is 18.3 Å². The first-order valence-corrected chi connectivity index (χ1v) is 4.13. The van der Waals surface area contributed by atoms with E-state index in [2.05, 4.69) is 4.74 Å². The summed E-state index contributed by atoms with van der Waals surface area (Å²) in [5, 5.41) is -0.0831. The monoisotopic (exact) mass is 220 g/mol. The van der Waals surface area contributed by atoms with Crippen molar-refractivity contribution in [2.75, 3.05) is 0 Å². The van der Waals surface area contributed by atoms with Gasteiger partial charge in [0.1, 0.15) is 5.75 Å². The minimum atomic E-state index is -2.95. The van der Waals surface area contributed by atoms with Gasteiger partial charge in [0.2, 0.25) is 0 Å². The highest BCUT2D eigenvalue weighted by atomic mass is 35.5. The zero-order valence-corrected chi connectivity index (χ0v) is 8.02. The number of benzene rings is 1. The fourth-order valence-electron chi connectivity index (χ4n) is 1.00. The van der Waals surface area contributed by atoms with E-state index in [4.69, 9.17) is 11.6 Å². The van der Waals surface area contributed by atoms with Gasteiger partial charge in [0.15, 0.2) is 6.29 Å². The minimum Gasteiger partial charge on any atom is -0.433 e. The minimum absolute atomic E-state index is 0.0831. The van der Waals surface area contributed by atoms with Crippen molar-refractivity contribution >= 4 is 17.9 Å². The Kier molecular flexibility index (Phi) is 3.41. The van der Waals surface area contributed by atoms with Crippen LogP contribution in [0.3, 0.4) is 0 Å². The van der Waals surface area contributed by atoms with Gasteiger partial charge in [-0.1, -0.05) is 17.7 Å². The van der Waals surface area contributed by atoms with Gasteiger partial charge in [-0.15, -0.1) is 0 Å². The molecule has 1 rings (SSSR count). The van der Waals surface area contributed by atoms with E-state index < -0.39 is 6.61 Å². The van der Waals surface area contributed by atoms with Crippen LogP contribution in [0.4, 0.5) is 8.78 Å². The summed E-state index contributed by atoms with van der Waals surface area (Å²) in [6.07, 6.45) is 0.510. The van der Waals surface area contributed by atoms with Crippen LogP contribution in [0.5, 0.6) is 5.75 Å². The first-order chi connectivity index (χ1) is 6.56. The number of hydrogen-bond donors (Lipinski definition) is 0. The molecule has 1 aromatic carbocycles. The molecule has 0 amide bonds. The lowest BCUT2D eigenvalue weighted by Crippen LogP contribution is -2.03. The third kappa shape index (κ3) is 2.20. The van der Waals surface area contributed by atoms with Crippen molar-refractivity contribution in [3.8, 4) is 5.75 Å². The number of hydrogen-bond acceptors (Lipinski definition) is 2. The van der Waals surface area contributed by atoms with Crippen LogP contribution in [0.1, 0.15) is 15.9 Å². The number of aryl methyl sites for hydroxylation is 1. The first-order valence-electron chi connectivity index (χ1n) is 3.75. The molecule has 0 saturated heterocycles. The molecule has 0 aliphatic heterocycles. The SMILES string of the molecule is Cc1ccc(OC(F)F)c(Cl)c1C=O. The molecule has 0 atom stereocenters. The van der Waals surface area contributed by atoms with Crippen molar-refractivity contribution in [3.05, 3.63) is 28.3 Å². The number of alkyl halides is 2. The van der Waals surface area contributed by atoms with Gasteiger partial charge in [-0.05, 0) is 18.6 Å². The standard InChI is InChI=1S/C9H7ClF2O2/c1-5-2-3-7(14-9(11)12)8(10)6(5)4-13/h2-4,9H,1H3. The maximum atomic E-state index is 11.9. The van der Waals surface area contributed by atoms with E-state index in [0.29, 0.717) is 11.8 Å². The zero-order chi connectivity index (χ0) is 10.7. The van der Waals surface area contributed by atoms with Crippen LogP contribution in [0, 0.1) is 6.92 Å². The Bertz CT molecular complexity index is 353. The Balaban J connectivity index is 3.14. The summed E-state index contributed by atoms with van der Waals surface area (Å²) in [5.41, 5.74) is 0.788. The van der Waals surface area contributed by atoms with Crippen LogP contribution in [0.15, 0.2) is 12.1 Å². The molecule has 0 bridgehead atoms. The van der Waals surface area contributed by atoms with E-state index in [-0.39, 0.29) is 16.3 Å². The molecule has 0 fully saturated rings. The van der Waals surface area contributed by atoms with Gasteiger partial charge in [-0.3, -0.25) is 4.79 Å². The smallest absolute Gasteiger partial charge is 0.387 e. The molecule has 0 aliphatic carbocycles. The molecule has 0 heterocycles. The maximum Gasteiger partial charge on any atom is 0.387 e. The molecule has 0 radical (unpaired) electrons. The molecule has 0 aromatic heterocycles. The zero-order valence-electron chi connectivity index (χ0n) is 7.26. The van der Waals surface area contributed by atoms with E-state index in [1.807, 2.05) is 0 Å². The number of halogens is 3. The summed E-state index contributed by atoms with van der Waals surface area (Å²) in [6, 6.07) is 2.80. The van der Waals surface area contributed by atoms with Crippen LogP contribution >= 0.6 is 11.6 Å². The van der Waals surface area contributed by atoms with Crippen molar-refractivity contribution in [2.24, 2.45) is 0 Å². The Hall–Kier alpha value is -1.16. The summed E-state index contributed by atoms with van der Waals surface area (Å²) in [5.74, 6) is -0.186. The Morgan fingerprint density at radius 2 is 2.14 bits per heavy atom. The Morgan fingerprint density at radius 1 is 1.50 bits per heavy atom. The van der Waals surface area contributed by atoms with Crippen LogP contribution in [0.2, 0.25) is 5.02 Å². The molecule has 0 aliphatic rings. The van der Waals surface area contributed by atoms with Gasteiger partial charge in [0.25, 0.3) is 0 Å². The van der Waals surface area contributed by atoms with Crippen molar-refractivity contribution in [3.63, 3.8) is 0 Å². The second-order valence-corrected chi connectivity index (χ2v) is 2.98. The number of carbonyl (C=O) groups is 1. The highest BCUT2D eigenvalue weighted by Gasteiger charge is 2.13. The van der Waals surface area contributed by atoms with Gasteiger partial charge in [0, 0.05) is 5.56 Å². The molecule has 1 aromatic rings. The summed E-state index contributed by atoms with van der Waals surface area (Å²) in [7, 11) is 0. The molecule has 5 heteroatoms. The van der Waals surface area contributed by atoms with Gasteiger partial charge in [0.05, 0.1) is 5.02 Å². The third-order valence-corrected chi connectivity index (χ3v) is 2.09. The second kappa shape index (κ2) is 4.37. The highest BCUT2D eigenvalue weighted by molar-refractivity contribution is 6.34. The number of aldehydes is 1. The van der Waals surface area contributed by atoms with Gasteiger partial charge >= 0.3 is 6.61 Å². The Morgan fingerprint density at radius 3 is 2.64 bits per heavy atom.